The Bertz CT molecular complexity index is 691. The molecule has 2 aromatic rings. The zero-order valence-electron chi connectivity index (χ0n) is 15.0. The van der Waals surface area contributed by atoms with Crippen molar-refractivity contribution in [2.75, 3.05) is 20.1 Å². The third-order valence-electron chi connectivity index (χ3n) is 3.78. The van der Waals surface area contributed by atoms with Crippen molar-refractivity contribution in [1.29, 1.82) is 0 Å². The van der Waals surface area contributed by atoms with Crippen molar-refractivity contribution in [1.82, 2.24) is 15.2 Å². The molecule has 4 nitrogen and oxygen atoms in total. The standard InChI is InChI=1S/C19H25FN4.HI/c1-4-22-19(23-11-9-17-8-10-21-13-15(17)2)24(3)14-16-6-5-7-18(20)12-16;/h5-8,10,12-13H,4,9,11,14H2,1-3H3,(H,22,23);1H. The molecule has 136 valence electrons. The summed E-state index contributed by atoms with van der Waals surface area (Å²) < 4.78 is 13.3. The third kappa shape index (κ3) is 6.97. The van der Waals surface area contributed by atoms with Crippen LogP contribution in [0.15, 0.2) is 47.7 Å². The van der Waals surface area contributed by atoms with Crippen molar-refractivity contribution in [3.05, 3.63) is 65.2 Å². The van der Waals surface area contributed by atoms with Gasteiger partial charge in [-0.2, -0.15) is 0 Å². The van der Waals surface area contributed by atoms with E-state index in [-0.39, 0.29) is 29.8 Å². The molecule has 25 heavy (non-hydrogen) atoms. The summed E-state index contributed by atoms with van der Waals surface area (Å²) in [6, 6.07) is 8.70. The lowest BCUT2D eigenvalue weighted by molar-refractivity contribution is 0.475. The van der Waals surface area contributed by atoms with Crippen LogP contribution in [0.3, 0.4) is 0 Å². The summed E-state index contributed by atoms with van der Waals surface area (Å²) in [5, 5.41) is 3.29. The number of aliphatic imine (C=N–C) groups is 1. The lowest BCUT2D eigenvalue weighted by atomic mass is 10.1. The molecule has 0 atom stereocenters. The second kappa shape index (κ2) is 11.0. The highest BCUT2D eigenvalue weighted by molar-refractivity contribution is 14.0. The normalized spacial score (nSPS) is 11.0. The van der Waals surface area contributed by atoms with Gasteiger partial charge in [-0.3, -0.25) is 9.98 Å². The number of pyridine rings is 1. The molecule has 0 unspecified atom stereocenters. The molecule has 0 radical (unpaired) electrons. The summed E-state index contributed by atoms with van der Waals surface area (Å²) in [4.78, 5) is 10.8. The van der Waals surface area contributed by atoms with Gasteiger partial charge in [0, 0.05) is 39.1 Å². The Morgan fingerprint density at radius 2 is 2.12 bits per heavy atom. The molecule has 1 aromatic carbocycles. The maximum absolute atomic E-state index is 13.3. The smallest absolute Gasteiger partial charge is 0.193 e. The zero-order valence-corrected chi connectivity index (χ0v) is 17.3. The fourth-order valence-corrected chi connectivity index (χ4v) is 2.52. The third-order valence-corrected chi connectivity index (χ3v) is 3.78. The van der Waals surface area contributed by atoms with Crippen molar-refractivity contribution < 1.29 is 4.39 Å². The molecule has 0 fully saturated rings. The number of nitrogens with zero attached hydrogens (tertiary/aromatic N) is 3. The molecule has 0 saturated carbocycles. The highest BCUT2D eigenvalue weighted by Gasteiger charge is 2.07. The molecule has 2 rings (SSSR count). The zero-order chi connectivity index (χ0) is 17.4. The molecule has 0 bridgehead atoms. The van der Waals surface area contributed by atoms with Crippen LogP contribution in [0.5, 0.6) is 0 Å². The van der Waals surface area contributed by atoms with Crippen LogP contribution in [-0.2, 0) is 13.0 Å². The summed E-state index contributed by atoms with van der Waals surface area (Å²) >= 11 is 0. The Balaban J connectivity index is 0.00000312. The monoisotopic (exact) mass is 456 g/mol. The Kier molecular flexibility index (Phi) is 9.41. The van der Waals surface area contributed by atoms with E-state index in [1.54, 1.807) is 12.1 Å². The number of hydrogen-bond acceptors (Lipinski definition) is 2. The van der Waals surface area contributed by atoms with E-state index in [0.717, 1.165) is 24.5 Å². The predicted molar refractivity (Wildman–Crippen MR) is 112 cm³/mol. The number of aryl methyl sites for hydroxylation is 1. The van der Waals surface area contributed by atoms with E-state index in [0.29, 0.717) is 13.1 Å². The topological polar surface area (TPSA) is 40.5 Å². The van der Waals surface area contributed by atoms with Gasteiger partial charge in [-0.1, -0.05) is 12.1 Å². The predicted octanol–water partition coefficient (Wildman–Crippen LogP) is 3.79. The maximum atomic E-state index is 13.3. The van der Waals surface area contributed by atoms with Gasteiger partial charge < -0.3 is 10.2 Å². The van der Waals surface area contributed by atoms with E-state index in [4.69, 9.17) is 0 Å². The Labute approximate surface area is 166 Å². The first-order valence-electron chi connectivity index (χ1n) is 8.23. The highest BCUT2D eigenvalue weighted by atomic mass is 127. The molecule has 6 heteroatoms. The fraction of sp³-hybridized carbons (Fsp3) is 0.368. The van der Waals surface area contributed by atoms with Crippen molar-refractivity contribution in [2.45, 2.75) is 26.8 Å². The Morgan fingerprint density at radius 3 is 2.80 bits per heavy atom. The van der Waals surface area contributed by atoms with Crippen LogP contribution in [0.4, 0.5) is 4.39 Å². The van der Waals surface area contributed by atoms with Crippen LogP contribution >= 0.6 is 24.0 Å². The van der Waals surface area contributed by atoms with Gasteiger partial charge >= 0.3 is 0 Å². The first kappa shape index (κ1) is 21.3. The van der Waals surface area contributed by atoms with Crippen LogP contribution in [0.2, 0.25) is 0 Å². The lowest BCUT2D eigenvalue weighted by Gasteiger charge is -2.22. The number of rotatable bonds is 6. The number of nitrogens with one attached hydrogen (secondary N) is 1. The summed E-state index contributed by atoms with van der Waals surface area (Å²) in [6.45, 7) is 6.20. The molecule has 1 aromatic heterocycles. The molecule has 0 aliphatic carbocycles. The number of guanidine groups is 1. The van der Waals surface area contributed by atoms with Crippen LogP contribution in [0, 0.1) is 12.7 Å². The van der Waals surface area contributed by atoms with Gasteiger partial charge in [0.05, 0.1) is 0 Å². The Morgan fingerprint density at radius 1 is 1.32 bits per heavy atom. The van der Waals surface area contributed by atoms with Crippen molar-refractivity contribution in [2.24, 2.45) is 4.99 Å². The second-order valence-corrected chi connectivity index (χ2v) is 5.77. The van der Waals surface area contributed by atoms with Gasteiger partial charge in [0.15, 0.2) is 5.96 Å². The minimum Gasteiger partial charge on any atom is -0.357 e. The van der Waals surface area contributed by atoms with Crippen LogP contribution in [0.25, 0.3) is 0 Å². The maximum Gasteiger partial charge on any atom is 0.193 e. The van der Waals surface area contributed by atoms with E-state index in [2.05, 4.69) is 22.2 Å². The average molecular weight is 456 g/mol. The highest BCUT2D eigenvalue weighted by Crippen LogP contribution is 2.08. The van der Waals surface area contributed by atoms with E-state index in [1.165, 1.54) is 17.2 Å². The first-order valence-corrected chi connectivity index (χ1v) is 8.23. The van der Waals surface area contributed by atoms with Gasteiger partial charge in [0.2, 0.25) is 0 Å². The van der Waals surface area contributed by atoms with Crippen LogP contribution in [0.1, 0.15) is 23.6 Å². The van der Waals surface area contributed by atoms with Crippen molar-refractivity contribution in [3.63, 3.8) is 0 Å². The van der Waals surface area contributed by atoms with Crippen molar-refractivity contribution in [3.8, 4) is 0 Å². The summed E-state index contributed by atoms with van der Waals surface area (Å²) in [6.07, 6.45) is 4.56. The summed E-state index contributed by atoms with van der Waals surface area (Å²) in [7, 11) is 1.96. The minimum atomic E-state index is -0.212. The van der Waals surface area contributed by atoms with Crippen LogP contribution in [-0.4, -0.2) is 36.0 Å². The van der Waals surface area contributed by atoms with Gasteiger partial charge in [-0.05, 0) is 55.2 Å². The molecule has 0 spiro atoms. The number of benzene rings is 1. The van der Waals surface area contributed by atoms with Gasteiger partial charge in [0.1, 0.15) is 5.82 Å². The van der Waals surface area contributed by atoms with Gasteiger partial charge in [0.25, 0.3) is 0 Å². The minimum absolute atomic E-state index is 0. The van der Waals surface area contributed by atoms with Gasteiger partial charge in [-0.15, -0.1) is 24.0 Å². The largest absolute Gasteiger partial charge is 0.357 e. The first-order chi connectivity index (χ1) is 11.6. The molecule has 1 heterocycles. The van der Waals surface area contributed by atoms with E-state index in [9.17, 15) is 4.39 Å². The van der Waals surface area contributed by atoms with E-state index in [1.807, 2.05) is 43.4 Å². The molecule has 0 aliphatic rings. The second-order valence-electron chi connectivity index (χ2n) is 5.77. The summed E-state index contributed by atoms with van der Waals surface area (Å²) in [5.74, 6) is 0.615. The molecule has 0 saturated heterocycles. The van der Waals surface area contributed by atoms with Crippen LogP contribution < -0.4 is 5.32 Å². The average Bonchev–Trinajstić information content (AvgIpc) is 2.55. The quantitative estimate of drug-likeness (QED) is 0.409. The molecular formula is C19H26FIN4. The van der Waals surface area contributed by atoms with E-state index >= 15 is 0 Å². The Hall–Kier alpha value is -1.70. The molecule has 0 amide bonds. The molecule has 1 N–H and O–H groups in total. The fourth-order valence-electron chi connectivity index (χ4n) is 2.52. The lowest BCUT2D eigenvalue weighted by Crippen LogP contribution is -2.38. The van der Waals surface area contributed by atoms with Gasteiger partial charge in [-0.25, -0.2) is 4.39 Å². The SMILES string of the molecule is CCNC(=NCCc1ccncc1C)N(C)Cc1cccc(F)c1.I. The summed E-state index contributed by atoms with van der Waals surface area (Å²) in [5.41, 5.74) is 3.37. The van der Waals surface area contributed by atoms with E-state index < -0.39 is 0 Å². The molecular weight excluding hydrogens is 430 g/mol. The number of aromatic nitrogens is 1. The molecule has 0 aliphatic heterocycles. The number of halogens is 2. The van der Waals surface area contributed by atoms with Crippen molar-refractivity contribution >= 4 is 29.9 Å². The number of hydrogen-bond donors (Lipinski definition) is 1.